The molecule has 1 atom stereocenters. The minimum Gasteiger partial charge on any atom is -0.495 e. The molecular weight excluding hydrogens is 376 g/mol. The summed E-state index contributed by atoms with van der Waals surface area (Å²) in [6.45, 7) is 1.81. The molecule has 0 fully saturated rings. The van der Waals surface area contributed by atoms with Crippen LogP contribution in [0.4, 0.5) is 0 Å². The van der Waals surface area contributed by atoms with Crippen molar-refractivity contribution in [2.24, 2.45) is 0 Å². The number of nitrogens with zero attached hydrogens (tertiary/aromatic N) is 1. The van der Waals surface area contributed by atoms with Crippen molar-refractivity contribution < 1.29 is 17.9 Å². The lowest BCUT2D eigenvalue weighted by atomic mass is 10.1. The molecule has 140 valence electrons. The topological polar surface area (TPSA) is 75.7 Å². The first-order valence-electron chi connectivity index (χ1n) is 7.84. The number of benzene rings is 2. The summed E-state index contributed by atoms with van der Waals surface area (Å²) in [6, 6.07) is 11.2. The molecule has 6 nitrogen and oxygen atoms in total. The number of hydrogen-bond donors (Lipinski definition) is 1. The molecule has 8 heteroatoms. The molecule has 0 saturated carbocycles. The molecule has 1 amide bonds. The standard InChI is InChI=1S/C18H21ClN2O4S/c1-12(14-7-5-6-8-15(14)19)20-18(22)13-9-10-16(25-4)17(11-13)26(23,24)21(2)3/h5-12H,1-4H3,(H,20,22). The molecule has 0 saturated heterocycles. The van der Waals surface area contributed by atoms with Gasteiger partial charge >= 0.3 is 0 Å². The molecule has 2 aromatic carbocycles. The Labute approximate surface area is 158 Å². The second kappa shape index (κ2) is 8.07. The number of amides is 1. The van der Waals surface area contributed by atoms with Gasteiger partial charge in [-0.15, -0.1) is 0 Å². The van der Waals surface area contributed by atoms with Crippen molar-refractivity contribution in [3.63, 3.8) is 0 Å². The predicted octanol–water partition coefficient (Wildman–Crippen LogP) is 3.09. The second-order valence-corrected chi connectivity index (χ2v) is 8.40. The van der Waals surface area contributed by atoms with Gasteiger partial charge in [0.05, 0.1) is 13.2 Å². The number of hydrogen-bond acceptors (Lipinski definition) is 4. The van der Waals surface area contributed by atoms with E-state index in [0.717, 1.165) is 9.87 Å². The number of ether oxygens (including phenoxy) is 1. The molecule has 0 heterocycles. The van der Waals surface area contributed by atoms with Crippen molar-refractivity contribution >= 4 is 27.5 Å². The summed E-state index contributed by atoms with van der Waals surface area (Å²) in [5.74, 6) is -0.232. The van der Waals surface area contributed by atoms with Crippen LogP contribution in [0.25, 0.3) is 0 Å². The van der Waals surface area contributed by atoms with Crippen LogP contribution in [-0.2, 0) is 10.0 Å². The van der Waals surface area contributed by atoms with E-state index in [4.69, 9.17) is 16.3 Å². The van der Waals surface area contributed by atoms with Crippen molar-refractivity contribution in [1.82, 2.24) is 9.62 Å². The summed E-state index contributed by atoms with van der Waals surface area (Å²) in [6.07, 6.45) is 0. The number of sulfonamides is 1. The first kappa shape index (κ1) is 20.2. The van der Waals surface area contributed by atoms with Crippen LogP contribution in [0.2, 0.25) is 5.02 Å². The molecule has 0 aromatic heterocycles. The van der Waals surface area contributed by atoms with E-state index in [-0.39, 0.29) is 22.3 Å². The van der Waals surface area contributed by atoms with Gasteiger partial charge in [0.2, 0.25) is 10.0 Å². The van der Waals surface area contributed by atoms with Crippen LogP contribution in [0.5, 0.6) is 5.75 Å². The van der Waals surface area contributed by atoms with Gasteiger partial charge in [0.15, 0.2) is 0 Å². The van der Waals surface area contributed by atoms with Gasteiger partial charge in [-0.1, -0.05) is 29.8 Å². The maximum absolute atomic E-state index is 12.6. The van der Waals surface area contributed by atoms with Gasteiger partial charge in [-0.25, -0.2) is 12.7 Å². The highest BCUT2D eigenvalue weighted by Crippen LogP contribution is 2.27. The van der Waals surface area contributed by atoms with Gasteiger partial charge in [0, 0.05) is 24.7 Å². The van der Waals surface area contributed by atoms with E-state index in [9.17, 15) is 13.2 Å². The molecule has 26 heavy (non-hydrogen) atoms. The van der Waals surface area contributed by atoms with E-state index < -0.39 is 15.9 Å². The molecule has 0 aliphatic heterocycles. The zero-order valence-corrected chi connectivity index (χ0v) is 16.6. The third kappa shape index (κ3) is 4.17. The minimum absolute atomic E-state index is 0.0666. The summed E-state index contributed by atoms with van der Waals surface area (Å²) in [5.41, 5.74) is 0.988. The Hall–Kier alpha value is -2.09. The minimum atomic E-state index is -3.76. The molecule has 1 unspecified atom stereocenters. The summed E-state index contributed by atoms with van der Waals surface area (Å²) in [4.78, 5) is 12.5. The average Bonchev–Trinajstić information content (AvgIpc) is 2.61. The maximum atomic E-state index is 12.6. The average molecular weight is 397 g/mol. The number of carbonyl (C=O) groups excluding carboxylic acids is 1. The highest BCUT2D eigenvalue weighted by molar-refractivity contribution is 7.89. The van der Waals surface area contributed by atoms with Crippen molar-refractivity contribution in [3.05, 3.63) is 58.6 Å². The lowest BCUT2D eigenvalue weighted by molar-refractivity contribution is 0.0939. The van der Waals surface area contributed by atoms with Gasteiger partial charge in [-0.05, 0) is 36.8 Å². The van der Waals surface area contributed by atoms with Crippen LogP contribution in [0, 0.1) is 0 Å². The summed E-state index contributed by atoms with van der Waals surface area (Å²) < 4.78 is 31.1. The van der Waals surface area contributed by atoms with E-state index in [2.05, 4.69) is 5.32 Å². The molecule has 0 bridgehead atoms. The Morgan fingerprint density at radius 1 is 1.19 bits per heavy atom. The molecule has 0 spiro atoms. The Bertz CT molecular complexity index is 913. The van der Waals surface area contributed by atoms with Crippen LogP contribution in [0.3, 0.4) is 0 Å². The monoisotopic (exact) mass is 396 g/mol. The van der Waals surface area contributed by atoms with Crippen LogP contribution in [0.1, 0.15) is 28.9 Å². The zero-order valence-electron chi connectivity index (χ0n) is 15.0. The summed E-state index contributed by atoms with van der Waals surface area (Å²) in [5, 5.41) is 3.37. The Kier molecular flexibility index (Phi) is 6.28. The summed E-state index contributed by atoms with van der Waals surface area (Å²) >= 11 is 6.16. The lowest BCUT2D eigenvalue weighted by Gasteiger charge is -2.18. The number of carbonyl (C=O) groups is 1. The van der Waals surface area contributed by atoms with Crippen molar-refractivity contribution in [2.45, 2.75) is 17.9 Å². The molecule has 1 N–H and O–H groups in total. The van der Waals surface area contributed by atoms with Gasteiger partial charge in [0.25, 0.3) is 5.91 Å². The molecule has 0 radical (unpaired) electrons. The smallest absolute Gasteiger partial charge is 0.251 e. The van der Waals surface area contributed by atoms with Crippen LogP contribution < -0.4 is 10.1 Å². The van der Waals surface area contributed by atoms with Crippen LogP contribution in [-0.4, -0.2) is 39.8 Å². The van der Waals surface area contributed by atoms with Crippen molar-refractivity contribution in [1.29, 1.82) is 0 Å². The fourth-order valence-corrected chi connectivity index (χ4v) is 3.77. The summed E-state index contributed by atoms with van der Waals surface area (Å²) in [7, 11) is 0.458. The SMILES string of the molecule is COc1ccc(C(=O)NC(C)c2ccccc2Cl)cc1S(=O)(=O)N(C)C. The third-order valence-corrected chi connectivity index (χ3v) is 6.08. The van der Waals surface area contributed by atoms with E-state index in [1.807, 2.05) is 18.2 Å². The predicted molar refractivity (Wildman–Crippen MR) is 101 cm³/mol. The highest BCUT2D eigenvalue weighted by atomic mass is 35.5. The third-order valence-electron chi connectivity index (χ3n) is 3.90. The maximum Gasteiger partial charge on any atom is 0.251 e. The molecule has 2 aromatic rings. The van der Waals surface area contributed by atoms with Gasteiger partial charge < -0.3 is 10.1 Å². The van der Waals surface area contributed by atoms with Gasteiger partial charge in [0.1, 0.15) is 10.6 Å². The first-order valence-corrected chi connectivity index (χ1v) is 9.66. The quantitative estimate of drug-likeness (QED) is 0.814. The molecule has 0 aliphatic carbocycles. The molecular formula is C18H21ClN2O4S. The number of nitrogens with one attached hydrogen (secondary N) is 1. The Balaban J connectivity index is 2.34. The van der Waals surface area contributed by atoms with Crippen molar-refractivity contribution in [3.8, 4) is 5.75 Å². The fourth-order valence-electron chi connectivity index (χ4n) is 2.40. The number of halogens is 1. The van der Waals surface area contributed by atoms with Gasteiger partial charge in [-0.3, -0.25) is 4.79 Å². The fraction of sp³-hybridized carbons (Fsp3) is 0.278. The zero-order chi connectivity index (χ0) is 19.5. The normalized spacial score (nSPS) is 12.7. The highest BCUT2D eigenvalue weighted by Gasteiger charge is 2.24. The largest absolute Gasteiger partial charge is 0.495 e. The van der Waals surface area contributed by atoms with Crippen LogP contribution in [0.15, 0.2) is 47.4 Å². The second-order valence-electron chi connectivity index (χ2n) is 5.87. The van der Waals surface area contributed by atoms with Crippen LogP contribution >= 0.6 is 11.6 Å². The number of methoxy groups -OCH3 is 1. The lowest BCUT2D eigenvalue weighted by Crippen LogP contribution is -2.28. The Morgan fingerprint density at radius 3 is 2.42 bits per heavy atom. The number of rotatable bonds is 6. The van der Waals surface area contributed by atoms with Crippen molar-refractivity contribution in [2.75, 3.05) is 21.2 Å². The molecule has 0 aliphatic rings. The Morgan fingerprint density at radius 2 is 1.85 bits per heavy atom. The van der Waals surface area contributed by atoms with E-state index in [1.165, 1.54) is 39.4 Å². The first-order chi connectivity index (χ1) is 12.2. The molecule has 2 rings (SSSR count). The van der Waals surface area contributed by atoms with E-state index in [1.54, 1.807) is 13.0 Å². The van der Waals surface area contributed by atoms with E-state index >= 15 is 0 Å². The van der Waals surface area contributed by atoms with E-state index in [0.29, 0.717) is 5.02 Å². The van der Waals surface area contributed by atoms with Gasteiger partial charge in [-0.2, -0.15) is 0 Å².